The van der Waals surface area contributed by atoms with Crippen LogP contribution in [0.15, 0.2) is 78.9 Å². The van der Waals surface area contributed by atoms with E-state index in [1.54, 1.807) is 31.4 Å². The minimum absolute atomic E-state index is 0.145. The van der Waals surface area contributed by atoms with Crippen LogP contribution in [0.2, 0.25) is 0 Å². The topological polar surface area (TPSA) is 86.4 Å². The fourth-order valence-corrected chi connectivity index (χ4v) is 5.43. The molecule has 3 aromatic rings. The lowest BCUT2D eigenvalue weighted by atomic mass is 9.69. The molecule has 2 heterocycles. The number of rotatable bonds is 5. The number of para-hydroxylation sites is 1. The molecular formula is C29H23N3O3. The van der Waals surface area contributed by atoms with E-state index in [0.29, 0.717) is 22.6 Å². The van der Waals surface area contributed by atoms with Gasteiger partial charge in [0.25, 0.3) is 0 Å². The highest BCUT2D eigenvalue weighted by molar-refractivity contribution is 6.04. The molecule has 6 heteroatoms. The van der Waals surface area contributed by atoms with Crippen LogP contribution < -0.4 is 14.4 Å². The smallest absolute Gasteiger partial charge is 0.185 e. The van der Waals surface area contributed by atoms with Crippen LogP contribution in [-0.2, 0) is 0 Å². The normalized spacial score (nSPS) is 21.3. The predicted molar refractivity (Wildman–Crippen MR) is 132 cm³/mol. The molecule has 0 radical (unpaired) electrons. The number of carbonyl (C=O) groups excluding carboxylic acids is 1. The molecule has 3 unspecified atom stereocenters. The van der Waals surface area contributed by atoms with E-state index in [0.717, 1.165) is 11.3 Å². The number of fused-ring (bicyclic) bond motifs is 3. The highest BCUT2D eigenvalue weighted by Gasteiger charge is 2.63. The van der Waals surface area contributed by atoms with Gasteiger partial charge in [-0.2, -0.15) is 10.5 Å². The third-order valence-electron chi connectivity index (χ3n) is 7.01. The summed E-state index contributed by atoms with van der Waals surface area (Å²) in [7, 11) is 3.08. The number of benzene rings is 3. The quantitative estimate of drug-likeness (QED) is 0.498. The first kappa shape index (κ1) is 22.3. The molecule has 0 saturated carbocycles. The van der Waals surface area contributed by atoms with E-state index in [9.17, 15) is 15.3 Å². The Bertz CT molecular complexity index is 1390. The third kappa shape index (κ3) is 3.26. The zero-order valence-corrected chi connectivity index (χ0v) is 19.4. The van der Waals surface area contributed by atoms with Crippen LogP contribution in [0, 0.1) is 28.1 Å². The van der Waals surface area contributed by atoms with Crippen molar-refractivity contribution in [1.82, 2.24) is 0 Å². The molecule has 1 saturated heterocycles. The summed E-state index contributed by atoms with van der Waals surface area (Å²) in [6.07, 6.45) is 3.81. The van der Waals surface area contributed by atoms with Crippen LogP contribution in [0.1, 0.15) is 27.4 Å². The number of hydrogen-bond donors (Lipinski definition) is 0. The minimum Gasteiger partial charge on any atom is -0.493 e. The Morgan fingerprint density at radius 1 is 0.914 bits per heavy atom. The molecule has 0 aromatic heterocycles. The van der Waals surface area contributed by atoms with Gasteiger partial charge in [-0.05, 0) is 29.3 Å². The second kappa shape index (κ2) is 8.66. The van der Waals surface area contributed by atoms with Crippen LogP contribution in [0.25, 0.3) is 6.08 Å². The number of Topliss-reactive ketones (excluding diaryl/α,β-unsaturated/α-hetero) is 1. The van der Waals surface area contributed by atoms with E-state index in [-0.39, 0.29) is 5.78 Å². The van der Waals surface area contributed by atoms with Gasteiger partial charge >= 0.3 is 0 Å². The number of anilines is 1. The van der Waals surface area contributed by atoms with Crippen molar-refractivity contribution in [2.75, 3.05) is 19.1 Å². The molecule has 172 valence electrons. The van der Waals surface area contributed by atoms with Crippen molar-refractivity contribution < 1.29 is 14.3 Å². The molecule has 0 aliphatic carbocycles. The maximum absolute atomic E-state index is 14.2. The molecule has 1 fully saturated rings. The first-order valence-electron chi connectivity index (χ1n) is 11.3. The summed E-state index contributed by atoms with van der Waals surface area (Å²) in [6.45, 7) is 0. The van der Waals surface area contributed by atoms with E-state index in [4.69, 9.17) is 9.47 Å². The summed E-state index contributed by atoms with van der Waals surface area (Å²) in [5, 5.41) is 21.1. The number of methoxy groups -OCH3 is 2. The van der Waals surface area contributed by atoms with Gasteiger partial charge in [-0.25, -0.2) is 0 Å². The van der Waals surface area contributed by atoms with E-state index < -0.39 is 23.4 Å². The van der Waals surface area contributed by atoms with Crippen molar-refractivity contribution in [3.63, 3.8) is 0 Å². The number of hydrogen-bond acceptors (Lipinski definition) is 6. The van der Waals surface area contributed by atoms with Gasteiger partial charge in [0.1, 0.15) is 6.04 Å². The Balaban J connectivity index is 1.79. The van der Waals surface area contributed by atoms with Gasteiger partial charge in [0.05, 0.1) is 32.4 Å². The maximum atomic E-state index is 14.2. The zero-order chi connectivity index (χ0) is 24.6. The predicted octanol–water partition coefficient (Wildman–Crippen LogP) is 4.99. The molecular weight excluding hydrogens is 438 g/mol. The first-order chi connectivity index (χ1) is 17.1. The van der Waals surface area contributed by atoms with Crippen LogP contribution in [-0.4, -0.2) is 32.1 Å². The van der Waals surface area contributed by atoms with Crippen LogP contribution in [0.5, 0.6) is 11.5 Å². The molecule has 3 aromatic carbocycles. The van der Waals surface area contributed by atoms with Crippen molar-refractivity contribution in [2.45, 2.75) is 18.0 Å². The average molecular weight is 462 g/mol. The molecule has 0 N–H and O–H groups in total. The number of carbonyl (C=O) groups is 1. The van der Waals surface area contributed by atoms with Crippen molar-refractivity contribution in [2.24, 2.45) is 5.41 Å². The van der Waals surface area contributed by atoms with E-state index in [1.165, 1.54) is 7.11 Å². The van der Waals surface area contributed by atoms with Gasteiger partial charge in [-0.15, -0.1) is 0 Å². The Kier molecular flexibility index (Phi) is 5.51. The lowest BCUT2D eigenvalue weighted by Gasteiger charge is -2.35. The SMILES string of the molecule is COc1ccc(C2C(C(=O)c3ccccc3)N3c4ccccc4C=CC3C2(C#N)C#N)cc1OC. The fraction of sp³-hybridized carbons (Fsp3) is 0.207. The van der Waals surface area contributed by atoms with Crippen LogP contribution in [0.3, 0.4) is 0 Å². The molecule has 6 nitrogen and oxygen atoms in total. The van der Waals surface area contributed by atoms with Crippen LogP contribution in [0.4, 0.5) is 5.69 Å². The minimum atomic E-state index is -1.52. The summed E-state index contributed by atoms with van der Waals surface area (Å²) < 4.78 is 10.9. The van der Waals surface area contributed by atoms with Crippen molar-refractivity contribution in [1.29, 1.82) is 10.5 Å². The first-order valence-corrected chi connectivity index (χ1v) is 11.3. The van der Waals surface area contributed by atoms with E-state index in [1.807, 2.05) is 65.6 Å². The van der Waals surface area contributed by atoms with Crippen molar-refractivity contribution >= 4 is 17.5 Å². The Morgan fingerprint density at radius 2 is 1.60 bits per heavy atom. The Hall–Kier alpha value is -4.55. The summed E-state index contributed by atoms with van der Waals surface area (Å²) in [6, 6.07) is 25.4. The highest BCUT2D eigenvalue weighted by atomic mass is 16.5. The molecule has 0 bridgehead atoms. The molecule has 3 atom stereocenters. The largest absolute Gasteiger partial charge is 0.493 e. The molecule has 5 rings (SSSR count). The van der Waals surface area contributed by atoms with Gasteiger partial charge in [0.15, 0.2) is 22.7 Å². The van der Waals surface area contributed by atoms with Crippen molar-refractivity contribution in [3.05, 3.63) is 95.6 Å². The molecule has 2 aliphatic rings. The Morgan fingerprint density at radius 3 is 2.29 bits per heavy atom. The van der Waals surface area contributed by atoms with Gasteiger partial charge in [-0.3, -0.25) is 4.79 Å². The summed E-state index contributed by atoms with van der Waals surface area (Å²) in [4.78, 5) is 16.1. The second-order valence-electron chi connectivity index (χ2n) is 8.63. The number of ketones is 1. The number of ether oxygens (including phenoxy) is 2. The summed E-state index contributed by atoms with van der Waals surface area (Å²) in [5.41, 5.74) is 1.44. The summed E-state index contributed by atoms with van der Waals surface area (Å²) in [5.74, 6) is 0.114. The monoisotopic (exact) mass is 461 g/mol. The zero-order valence-electron chi connectivity index (χ0n) is 19.4. The highest BCUT2D eigenvalue weighted by Crippen LogP contribution is 2.56. The molecule has 2 aliphatic heterocycles. The third-order valence-corrected chi connectivity index (χ3v) is 7.01. The maximum Gasteiger partial charge on any atom is 0.185 e. The number of nitriles is 2. The standard InChI is InChI=1S/C29H23N3O3/c1-34-23-14-12-21(16-24(23)35-2)26-27(28(33)20-9-4-3-5-10-20)32-22-11-7-6-8-19(22)13-15-25(32)29(26,17-30)18-31/h3-16,25-27H,1-2H3. The van der Waals surface area contributed by atoms with Crippen LogP contribution >= 0.6 is 0 Å². The van der Waals surface area contributed by atoms with Gasteiger partial charge in [0, 0.05) is 17.2 Å². The van der Waals surface area contributed by atoms with Gasteiger partial charge in [-0.1, -0.05) is 66.7 Å². The van der Waals surface area contributed by atoms with Gasteiger partial charge < -0.3 is 14.4 Å². The molecule has 0 amide bonds. The number of nitrogens with zero attached hydrogens (tertiary/aromatic N) is 3. The molecule has 35 heavy (non-hydrogen) atoms. The van der Waals surface area contributed by atoms with Gasteiger partial charge in [0.2, 0.25) is 0 Å². The van der Waals surface area contributed by atoms with E-state index >= 15 is 0 Å². The lowest BCUT2D eigenvalue weighted by Crippen LogP contribution is -2.44. The Labute approximate surface area is 204 Å². The lowest BCUT2D eigenvalue weighted by molar-refractivity contribution is 0.0951. The average Bonchev–Trinajstić information content (AvgIpc) is 3.23. The molecule has 0 spiro atoms. The van der Waals surface area contributed by atoms with E-state index in [2.05, 4.69) is 12.1 Å². The summed E-state index contributed by atoms with van der Waals surface area (Å²) >= 11 is 0. The van der Waals surface area contributed by atoms with Crippen molar-refractivity contribution in [3.8, 4) is 23.6 Å². The second-order valence-corrected chi connectivity index (χ2v) is 8.63. The fourth-order valence-electron chi connectivity index (χ4n) is 5.43.